The highest BCUT2D eigenvalue weighted by molar-refractivity contribution is 7.98. The van der Waals surface area contributed by atoms with Gasteiger partial charge in [-0.05, 0) is 32.3 Å². The summed E-state index contributed by atoms with van der Waals surface area (Å²) in [5, 5.41) is 0. The minimum Gasteiger partial charge on any atom is -0.461 e. The third kappa shape index (κ3) is 3.59. The second kappa shape index (κ2) is 6.44. The number of aromatic amines is 1. The minimum atomic E-state index is -0.673. The summed E-state index contributed by atoms with van der Waals surface area (Å²) in [6, 6.07) is 0. The lowest BCUT2D eigenvalue weighted by atomic mass is 10.2. The number of nitrogens with one attached hydrogen (secondary N) is 1. The van der Waals surface area contributed by atoms with E-state index in [-0.39, 0.29) is 12.3 Å². The van der Waals surface area contributed by atoms with E-state index in [4.69, 9.17) is 4.74 Å². The first-order valence-corrected chi connectivity index (χ1v) is 6.75. The molecule has 1 N–H and O–H groups in total. The number of ether oxygens (including phenoxy) is 1. The van der Waals surface area contributed by atoms with Crippen LogP contribution in [0.1, 0.15) is 28.8 Å². The van der Waals surface area contributed by atoms with Crippen LogP contribution in [0.3, 0.4) is 0 Å². The van der Waals surface area contributed by atoms with E-state index < -0.39 is 11.5 Å². The molecule has 17 heavy (non-hydrogen) atoms. The Morgan fingerprint density at radius 1 is 1.53 bits per heavy atom. The number of rotatable bonds is 5. The molecule has 1 aromatic heterocycles. The topological polar surface area (TPSA) is 72.0 Å². The third-order valence-electron chi connectivity index (χ3n) is 2.22. The van der Waals surface area contributed by atoms with Crippen molar-refractivity contribution in [1.82, 2.24) is 9.97 Å². The van der Waals surface area contributed by atoms with Gasteiger partial charge in [0, 0.05) is 5.69 Å². The molecule has 0 aliphatic rings. The van der Waals surface area contributed by atoms with Crippen LogP contribution in [0, 0.1) is 6.92 Å². The Bertz CT molecular complexity index is 457. The molecule has 94 valence electrons. The van der Waals surface area contributed by atoms with Gasteiger partial charge in [0.15, 0.2) is 0 Å². The molecule has 0 atom stereocenters. The predicted octanol–water partition coefficient (Wildman–Crippen LogP) is 1.16. The molecule has 0 spiro atoms. The van der Waals surface area contributed by atoms with E-state index in [2.05, 4.69) is 9.97 Å². The molecule has 0 bridgehead atoms. The summed E-state index contributed by atoms with van der Waals surface area (Å²) in [6.45, 7) is 3.69. The average Bonchev–Trinajstić information content (AvgIpc) is 2.30. The van der Waals surface area contributed by atoms with Crippen molar-refractivity contribution in [3.05, 3.63) is 27.4 Å². The molecule has 5 nitrogen and oxygen atoms in total. The Balaban J connectivity index is 3.01. The number of carbonyl (C=O) groups is 1. The first-order valence-electron chi connectivity index (χ1n) is 5.36. The van der Waals surface area contributed by atoms with Gasteiger partial charge in [-0.25, -0.2) is 9.78 Å². The third-order valence-corrected chi connectivity index (χ3v) is 2.83. The molecule has 1 aromatic rings. The lowest BCUT2D eigenvalue weighted by molar-refractivity contribution is 0.0516. The van der Waals surface area contributed by atoms with Crippen molar-refractivity contribution >= 4 is 17.7 Å². The smallest absolute Gasteiger partial charge is 0.362 e. The van der Waals surface area contributed by atoms with E-state index in [1.807, 2.05) is 6.26 Å². The van der Waals surface area contributed by atoms with Crippen LogP contribution in [-0.2, 0) is 11.2 Å². The first-order chi connectivity index (χ1) is 8.10. The van der Waals surface area contributed by atoms with Crippen molar-refractivity contribution in [3.63, 3.8) is 0 Å². The Kier molecular flexibility index (Phi) is 5.21. The zero-order valence-electron chi connectivity index (χ0n) is 10.2. The molecule has 0 saturated carbocycles. The van der Waals surface area contributed by atoms with E-state index >= 15 is 0 Å². The molecule has 0 aromatic carbocycles. The van der Waals surface area contributed by atoms with E-state index in [0.29, 0.717) is 5.69 Å². The van der Waals surface area contributed by atoms with E-state index in [9.17, 15) is 9.59 Å². The van der Waals surface area contributed by atoms with Gasteiger partial charge in [-0.2, -0.15) is 11.8 Å². The highest BCUT2D eigenvalue weighted by Crippen LogP contribution is 2.05. The van der Waals surface area contributed by atoms with Crippen molar-refractivity contribution in [1.29, 1.82) is 0 Å². The van der Waals surface area contributed by atoms with Gasteiger partial charge in [0.05, 0.1) is 12.3 Å². The molecular weight excluding hydrogens is 240 g/mol. The molecule has 0 aliphatic heterocycles. The molecule has 0 radical (unpaired) electrons. The van der Waals surface area contributed by atoms with Crippen molar-refractivity contribution in [2.24, 2.45) is 0 Å². The molecule has 6 heteroatoms. The van der Waals surface area contributed by atoms with E-state index in [1.54, 1.807) is 25.6 Å². The molecule has 0 unspecified atom stereocenters. The van der Waals surface area contributed by atoms with Crippen LogP contribution >= 0.6 is 11.8 Å². The second-order valence-electron chi connectivity index (χ2n) is 3.44. The largest absolute Gasteiger partial charge is 0.461 e. The quantitative estimate of drug-likeness (QED) is 0.800. The van der Waals surface area contributed by atoms with Crippen molar-refractivity contribution < 1.29 is 9.53 Å². The van der Waals surface area contributed by atoms with Crippen LogP contribution in [-0.4, -0.2) is 34.6 Å². The summed E-state index contributed by atoms with van der Waals surface area (Å²) < 4.78 is 4.76. The maximum absolute atomic E-state index is 11.6. The Hall–Kier alpha value is -1.30. The number of H-pyrrole nitrogens is 1. The molecule has 1 rings (SSSR count). The summed E-state index contributed by atoms with van der Waals surface area (Å²) in [4.78, 5) is 29.8. The highest BCUT2D eigenvalue weighted by Gasteiger charge is 2.15. The van der Waals surface area contributed by atoms with Gasteiger partial charge >= 0.3 is 5.97 Å². The van der Waals surface area contributed by atoms with Gasteiger partial charge < -0.3 is 9.72 Å². The minimum absolute atomic E-state index is 0.169. The maximum atomic E-state index is 11.6. The zero-order valence-corrected chi connectivity index (χ0v) is 11.0. The first kappa shape index (κ1) is 13.8. The van der Waals surface area contributed by atoms with Gasteiger partial charge in [-0.3, -0.25) is 4.79 Å². The molecule has 0 saturated heterocycles. The molecular formula is C11H16N2O3S. The standard InChI is InChI=1S/C11H16N2O3S/c1-4-16-11(15)9-10(14)13-8(5-6-17-3)7(2)12-9/h4-6H2,1-3H3,(H,13,14). The predicted molar refractivity (Wildman–Crippen MR) is 67.6 cm³/mol. The van der Waals surface area contributed by atoms with E-state index in [0.717, 1.165) is 17.9 Å². The van der Waals surface area contributed by atoms with Crippen LogP contribution in [0.15, 0.2) is 4.79 Å². The van der Waals surface area contributed by atoms with Crippen molar-refractivity contribution in [2.45, 2.75) is 20.3 Å². The van der Waals surface area contributed by atoms with Gasteiger partial charge in [-0.15, -0.1) is 0 Å². The van der Waals surface area contributed by atoms with Crippen molar-refractivity contribution in [2.75, 3.05) is 18.6 Å². The normalized spacial score (nSPS) is 10.3. The van der Waals surface area contributed by atoms with E-state index in [1.165, 1.54) is 0 Å². The molecule has 0 amide bonds. The summed E-state index contributed by atoms with van der Waals surface area (Å²) in [6.07, 6.45) is 2.73. The monoisotopic (exact) mass is 256 g/mol. The average molecular weight is 256 g/mol. The Labute approximate surface area is 104 Å². The van der Waals surface area contributed by atoms with Gasteiger partial charge in [-0.1, -0.05) is 0 Å². The Morgan fingerprint density at radius 2 is 2.24 bits per heavy atom. The number of hydrogen-bond donors (Lipinski definition) is 1. The zero-order chi connectivity index (χ0) is 12.8. The maximum Gasteiger partial charge on any atom is 0.362 e. The fourth-order valence-corrected chi connectivity index (χ4v) is 1.77. The summed E-state index contributed by atoms with van der Waals surface area (Å²) in [7, 11) is 0. The van der Waals surface area contributed by atoms with Crippen LogP contribution in [0.5, 0.6) is 0 Å². The second-order valence-corrected chi connectivity index (χ2v) is 4.43. The number of hydrogen-bond acceptors (Lipinski definition) is 5. The number of aromatic nitrogens is 2. The lowest BCUT2D eigenvalue weighted by Gasteiger charge is -2.06. The lowest BCUT2D eigenvalue weighted by Crippen LogP contribution is -2.24. The Morgan fingerprint density at radius 3 is 2.82 bits per heavy atom. The fourth-order valence-electron chi connectivity index (χ4n) is 1.36. The van der Waals surface area contributed by atoms with Gasteiger partial charge in [0.2, 0.25) is 5.69 Å². The SMILES string of the molecule is CCOC(=O)c1nc(C)c(CCSC)[nH]c1=O. The van der Waals surface area contributed by atoms with Crippen LogP contribution in [0.4, 0.5) is 0 Å². The van der Waals surface area contributed by atoms with Crippen LogP contribution in [0.25, 0.3) is 0 Å². The van der Waals surface area contributed by atoms with Crippen LogP contribution < -0.4 is 5.56 Å². The number of nitrogens with zero attached hydrogens (tertiary/aromatic N) is 1. The molecule has 1 heterocycles. The summed E-state index contributed by atoms with van der Waals surface area (Å²) in [5.74, 6) is 0.227. The van der Waals surface area contributed by atoms with Gasteiger partial charge in [0.1, 0.15) is 0 Å². The number of carbonyl (C=O) groups excluding carboxylic acids is 1. The summed E-state index contributed by atoms with van der Waals surface area (Å²) in [5.41, 5.74) is 0.793. The fraction of sp³-hybridized carbons (Fsp3) is 0.545. The number of thioether (sulfide) groups is 1. The molecule has 0 fully saturated rings. The summed E-state index contributed by atoms with van der Waals surface area (Å²) >= 11 is 1.69. The number of aryl methyl sites for hydroxylation is 2. The van der Waals surface area contributed by atoms with Crippen LogP contribution in [0.2, 0.25) is 0 Å². The van der Waals surface area contributed by atoms with Crippen molar-refractivity contribution in [3.8, 4) is 0 Å². The molecule has 0 aliphatic carbocycles. The highest BCUT2D eigenvalue weighted by atomic mass is 32.2. The van der Waals surface area contributed by atoms with Gasteiger partial charge in [0.25, 0.3) is 5.56 Å². The number of esters is 1.